The number of nitrogens with two attached hydrogens (primary N) is 1. The van der Waals surface area contributed by atoms with Crippen molar-refractivity contribution in [2.45, 2.75) is 115 Å². The highest BCUT2D eigenvalue weighted by molar-refractivity contribution is 7.61. The third-order valence-corrected chi connectivity index (χ3v) is 10.8. The predicted molar refractivity (Wildman–Crippen MR) is 183 cm³/mol. The molecule has 0 spiro atoms. The molecule has 5 rings (SSSR count). The number of ether oxygens (including phenoxy) is 9. The van der Waals surface area contributed by atoms with Gasteiger partial charge in [-0.2, -0.15) is 4.31 Å². The van der Waals surface area contributed by atoms with Gasteiger partial charge in [-0.25, -0.2) is 28.5 Å². The third-order valence-electron chi connectivity index (χ3n) is 8.25. The summed E-state index contributed by atoms with van der Waals surface area (Å²) in [6, 6.07) is 0. The molecule has 2 aromatic heterocycles. The van der Waals surface area contributed by atoms with Crippen LogP contribution < -0.4 is 5.73 Å². The zero-order chi connectivity index (χ0) is 43.8. The lowest BCUT2D eigenvalue weighted by Crippen LogP contribution is -2.65. The summed E-state index contributed by atoms with van der Waals surface area (Å²) in [5, 5.41) is 0. The molecule has 12 atom stereocenters. The van der Waals surface area contributed by atoms with E-state index < -0.39 is 126 Å². The van der Waals surface area contributed by atoms with E-state index in [2.05, 4.69) is 19.3 Å². The number of carbonyl (C=O) groups excluding carboxylic acids is 5. The number of aromatic nitrogens is 4. The molecule has 3 aliphatic heterocycles. The molecule has 59 heavy (non-hydrogen) atoms. The molecule has 26 nitrogen and oxygen atoms in total. The molecule has 0 radical (unpaired) electrons. The molecule has 3 fully saturated rings. The van der Waals surface area contributed by atoms with E-state index in [4.69, 9.17) is 57.4 Å². The number of hydrogen-bond donors (Lipinski definition) is 3. The van der Waals surface area contributed by atoms with E-state index in [0.29, 0.717) is 0 Å². The van der Waals surface area contributed by atoms with Gasteiger partial charge in [-0.05, 0) is 13.8 Å². The summed E-state index contributed by atoms with van der Waals surface area (Å²) in [7, 11) is -12.0. The number of imidazole rings is 1. The van der Waals surface area contributed by atoms with Gasteiger partial charge in [0.25, 0.3) is 5.85 Å². The maximum absolute atomic E-state index is 16.7. The van der Waals surface area contributed by atoms with Crippen molar-refractivity contribution in [3.05, 3.63) is 12.7 Å². The van der Waals surface area contributed by atoms with E-state index in [1.807, 2.05) is 0 Å². The van der Waals surface area contributed by atoms with Crippen molar-refractivity contribution in [3.8, 4) is 0 Å². The molecule has 0 aromatic carbocycles. The lowest BCUT2D eigenvalue weighted by atomic mass is 9.94. The molecule has 3 aliphatic rings. The Balaban J connectivity index is 1.40. The minimum Gasteiger partial charge on any atom is -0.462 e. The summed E-state index contributed by atoms with van der Waals surface area (Å²) in [5.41, 5.74) is 6.09. The van der Waals surface area contributed by atoms with Crippen LogP contribution in [0.2, 0.25) is 0 Å². The molecule has 29 heteroatoms. The summed E-state index contributed by atoms with van der Waals surface area (Å²) in [6.45, 7) is 5.09. The number of rotatable bonds is 15. The fraction of sp³-hybridized carbons (Fsp3) is 0.667. The third kappa shape index (κ3) is 10.9. The number of hydrogen-bond acceptors (Lipinski definition) is 23. The minimum absolute atomic E-state index is 0.0123. The summed E-state index contributed by atoms with van der Waals surface area (Å²) >= 11 is 0. The predicted octanol–water partition coefficient (Wildman–Crippen LogP) is 0.389. The van der Waals surface area contributed by atoms with Crippen molar-refractivity contribution in [2.75, 3.05) is 18.9 Å². The van der Waals surface area contributed by atoms with E-state index in [-0.39, 0.29) is 17.0 Å². The van der Waals surface area contributed by atoms with Crippen LogP contribution in [0.3, 0.4) is 0 Å². The van der Waals surface area contributed by atoms with Crippen LogP contribution in [0, 0.1) is 0 Å². The van der Waals surface area contributed by atoms with Crippen molar-refractivity contribution < 1.29 is 103 Å². The first kappa shape index (κ1) is 45.8. The van der Waals surface area contributed by atoms with E-state index >= 15 is 4.39 Å². The van der Waals surface area contributed by atoms with Gasteiger partial charge in [-0.3, -0.25) is 37.6 Å². The van der Waals surface area contributed by atoms with Gasteiger partial charge in [-0.15, -0.1) is 0 Å². The topological polar surface area (TPSA) is 340 Å². The number of esters is 5. The fourth-order valence-corrected chi connectivity index (χ4v) is 8.48. The summed E-state index contributed by atoms with van der Waals surface area (Å²) in [5.74, 6) is -9.83. The van der Waals surface area contributed by atoms with E-state index in [9.17, 15) is 42.9 Å². The Morgan fingerprint density at radius 2 is 1.51 bits per heavy atom. The van der Waals surface area contributed by atoms with E-state index in [0.717, 1.165) is 40.9 Å². The van der Waals surface area contributed by atoms with Crippen molar-refractivity contribution in [1.29, 1.82) is 0 Å². The lowest BCUT2D eigenvalue weighted by Gasteiger charge is -2.45. The number of phosphoric acid groups is 2. The minimum atomic E-state index is -6.05. The van der Waals surface area contributed by atoms with E-state index in [1.165, 1.54) is 24.7 Å². The molecule has 5 heterocycles. The zero-order valence-electron chi connectivity index (χ0n) is 32.1. The molecule has 4 N–H and O–H groups in total. The smallest absolute Gasteiger partial charge is 0.462 e. The number of nitrogens with zero attached hydrogens (tertiary/aromatic N) is 4. The molecule has 0 bridgehead atoms. The zero-order valence-corrected chi connectivity index (χ0v) is 33.8. The number of fused-ring (bicyclic) bond motifs is 2. The van der Waals surface area contributed by atoms with Gasteiger partial charge < -0.3 is 58.2 Å². The van der Waals surface area contributed by atoms with Gasteiger partial charge in [0.1, 0.15) is 37.3 Å². The Hall–Kier alpha value is -4.27. The number of halogens is 1. The summed E-state index contributed by atoms with van der Waals surface area (Å²) in [4.78, 5) is 93.9. The Morgan fingerprint density at radius 3 is 2.12 bits per heavy atom. The Labute approximate surface area is 332 Å². The van der Waals surface area contributed by atoms with Gasteiger partial charge >= 0.3 is 45.5 Å². The summed E-state index contributed by atoms with van der Waals surface area (Å²) in [6.07, 6.45) is -14.2. The second-order valence-electron chi connectivity index (χ2n) is 13.4. The summed E-state index contributed by atoms with van der Waals surface area (Å²) < 4.78 is 107. The maximum Gasteiger partial charge on any atom is 0.483 e. The molecule has 0 amide bonds. The molecule has 328 valence electrons. The molecule has 4 unspecified atom stereocenters. The van der Waals surface area contributed by atoms with Crippen molar-refractivity contribution in [3.63, 3.8) is 0 Å². The SMILES string of the molecule is CC(=O)OCC(OC(C)=O)[C@H]1O[C@@H](OP(=O)(O)OP(=O)(O)OCC2(F)O[C@@H](n3cnc4c(N)ncnc43)[C@@H]3OC(C)(C)O[C@@H]32)[C@@H](OC(C)=O)[C@@H](OC(C)=O)[C@@H]1OC(C)=O. The number of alkyl halides is 1. The van der Waals surface area contributed by atoms with Gasteiger partial charge in [-0.1, -0.05) is 0 Å². The lowest BCUT2D eigenvalue weighted by molar-refractivity contribution is -0.301. The van der Waals surface area contributed by atoms with Crippen LogP contribution in [0.15, 0.2) is 12.7 Å². The maximum atomic E-state index is 16.7. The monoisotopic (exact) mass is 887 g/mol. The van der Waals surface area contributed by atoms with Gasteiger partial charge in [0, 0.05) is 34.6 Å². The number of carbonyl (C=O) groups is 5. The highest BCUT2D eigenvalue weighted by Gasteiger charge is 2.66. The number of anilines is 1. The average Bonchev–Trinajstić information content (AvgIpc) is 3.74. The molecule has 3 saturated heterocycles. The Kier molecular flexibility index (Phi) is 13.5. The van der Waals surface area contributed by atoms with Crippen LogP contribution >= 0.6 is 15.6 Å². The molecular formula is C30H40FN5O21P2. The quantitative estimate of drug-likeness (QED) is 0.124. The molecule has 0 saturated carbocycles. The largest absolute Gasteiger partial charge is 0.483 e. The molecule has 0 aliphatic carbocycles. The normalized spacial score (nSPS) is 31.2. The van der Waals surface area contributed by atoms with Gasteiger partial charge in [0.2, 0.25) is 6.29 Å². The number of nitrogen functional groups attached to an aromatic ring is 1. The van der Waals surface area contributed by atoms with Crippen LogP contribution in [-0.4, -0.2) is 133 Å². The van der Waals surface area contributed by atoms with Gasteiger partial charge in [0.05, 0.1) is 6.33 Å². The van der Waals surface area contributed by atoms with Crippen LogP contribution in [0.25, 0.3) is 11.2 Å². The first-order chi connectivity index (χ1) is 27.3. The van der Waals surface area contributed by atoms with Crippen LogP contribution in [0.4, 0.5) is 10.2 Å². The van der Waals surface area contributed by atoms with Crippen molar-refractivity contribution in [1.82, 2.24) is 19.5 Å². The highest BCUT2D eigenvalue weighted by Crippen LogP contribution is 2.62. The fourth-order valence-electron chi connectivity index (χ4n) is 6.32. The molecular weight excluding hydrogens is 847 g/mol. The van der Waals surface area contributed by atoms with Crippen LogP contribution in [0.5, 0.6) is 0 Å². The Morgan fingerprint density at radius 1 is 0.881 bits per heavy atom. The Bertz CT molecular complexity index is 2060. The second kappa shape index (κ2) is 17.4. The molecule has 2 aromatic rings. The first-order valence-electron chi connectivity index (χ1n) is 17.1. The van der Waals surface area contributed by atoms with Crippen LogP contribution in [0.1, 0.15) is 54.7 Å². The van der Waals surface area contributed by atoms with E-state index in [1.54, 1.807) is 0 Å². The average molecular weight is 888 g/mol. The van der Waals surface area contributed by atoms with Crippen LogP contribution in [-0.2, 0) is 89.1 Å². The van der Waals surface area contributed by atoms with Crippen molar-refractivity contribution in [2.24, 2.45) is 0 Å². The standard InChI is InChI=1S/C30H40FN5O21P2/c1-12(37)46-8-17(48-13(2)38)19-20(49-14(3)39)21(50-15(4)40)22(51-16(5)41)28(52-19)56-59(44,45)57-58(42,43)47-9-30(31)24-23(53-29(6,7)54-24)27(55-30)36-11-35-18-25(32)33-10-34-26(18)36/h10-11,17,19-24,27-28H,8-9H2,1-7H3,(H,42,43)(H,44,45)(H2,32,33,34)/t17?,19-,20-,21+,22+,23-,24+,27-,28+,30?/m1/s1. The van der Waals surface area contributed by atoms with Gasteiger partial charge in [0.15, 0.2) is 54.0 Å². The highest BCUT2D eigenvalue weighted by atomic mass is 31.3. The second-order valence-corrected chi connectivity index (χ2v) is 16.4. The first-order valence-corrected chi connectivity index (χ1v) is 20.1. The number of phosphoric ester groups is 2. The van der Waals surface area contributed by atoms with Crippen molar-refractivity contribution >= 4 is 62.5 Å².